The van der Waals surface area contributed by atoms with E-state index in [2.05, 4.69) is 154 Å². The molecule has 0 aliphatic rings. The van der Waals surface area contributed by atoms with Crippen LogP contribution in [-0.2, 0) is 31.9 Å². The Morgan fingerprint density at radius 1 is 0.590 bits per heavy atom. The third kappa shape index (κ3) is 6.97. The van der Waals surface area contributed by atoms with Crippen molar-refractivity contribution >= 4 is 33.0 Å². The molecule has 5 nitrogen and oxygen atoms in total. The molecule has 3 heterocycles. The minimum Gasteiger partial charge on any atom is -0.507 e. The van der Waals surface area contributed by atoms with Crippen LogP contribution in [0.4, 0.5) is 0 Å². The van der Waals surface area contributed by atoms with Gasteiger partial charge in [-0.05, 0) is 64.6 Å². The molecule has 0 radical (unpaired) electrons. The fourth-order valence-corrected chi connectivity index (χ4v) is 8.55. The number of phenolic OH excluding ortho intramolecular Hbond substituents is 1. The minimum absolute atomic E-state index is 0. The summed E-state index contributed by atoms with van der Waals surface area (Å²) >= 11 is 0. The van der Waals surface area contributed by atoms with Crippen molar-refractivity contribution in [3.05, 3.63) is 193 Å². The molecule has 0 bridgehead atoms. The Bertz CT molecular complexity index is 3230. The van der Waals surface area contributed by atoms with Gasteiger partial charge in [-0.3, -0.25) is 9.55 Å². The monoisotopic (exact) mass is 973 g/mol. The Morgan fingerprint density at radius 3 is 2.05 bits per heavy atom. The van der Waals surface area contributed by atoms with Gasteiger partial charge in [0.2, 0.25) is 0 Å². The molecule has 61 heavy (non-hydrogen) atoms. The van der Waals surface area contributed by atoms with E-state index in [1.165, 1.54) is 11.1 Å². The van der Waals surface area contributed by atoms with E-state index in [1.807, 2.05) is 54.7 Å². The first-order chi connectivity index (χ1) is 29.1. The first kappa shape index (κ1) is 39.9. The number of fused-ring (bicyclic) bond motifs is 4. The average molecular weight is 974 g/mol. The number of hydrogen-bond donors (Lipinski definition) is 1. The molecule has 302 valence electrons. The second-order valence-corrected chi connectivity index (χ2v) is 17.1. The number of aromatic hydroxyl groups is 1. The van der Waals surface area contributed by atoms with E-state index in [0.29, 0.717) is 11.4 Å². The summed E-state index contributed by atoms with van der Waals surface area (Å²) < 4.78 is 8.55. The van der Waals surface area contributed by atoms with Crippen LogP contribution in [0.5, 0.6) is 5.75 Å². The molecule has 0 aliphatic carbocycles. The number of imidazole rings is 1. The van der Waals surface area contributed by atoms with Crippen LogP contribution in [0.3, 0.4) is 0 Å². The van der Waals surface area contributed by atoms with Crippen molar-refractivity contribution < 1.29 is 30.6 Å². The molecule has 0 saturated carbocycles. The molecule has 0 fully saturated rings. The molecule has 10 rings (SSSR count). The zero-order valence-electron chi connectivity index (χ0n) is 34.7. The van der Waals surface area contributed by atoms with Crippen molar-refractivity contribution in [2.75, 3.05) is 0 Å². The van der Waals surface area contributed by atoms with Gasteiger partial charge in [0, 0.05) is 54.7 Å². The predicted octanol–water partition coefficient (Wildman–Crippen LogP) is 14.1. The normalized spacial score (nSPS) is 12.0. The van der Waals surface area contributed by atoms with Crippen molar-refractivity contribution in [3.8, 4) is 56.3 Å². The van der Waals surface area contributed by atoms with E-state index in [0.717, 1.165) is 77.7 Å². The molecule has 0 atom stereocenters. The molecule has 1 N–H and O–H groups in total. The number of aromatic nitrogens is 3. The number of nitrogens with zero attached hydrogens (tertiary/aromatic N) is 3. The van der Waals surface area contributed by atoms with Crippen LogP contribution in [0.25, 0.3) is 83.6 Å². The van der Waals surface area contributed by atoms with Crippen LogP contribution in [0.1, 0.15) is 51.3 Å². The summed E-state index contributed by atoms with van der Waals surface area (Å²) in [5, 5.41) is 13.4. The Kier molecular flexibility index (Phi) is 10.1. The molecule has 6 heteroatoms. The molecule has 0 spiro atoms. The van der Waals surface area contributed by atoms with Gasteiger partial charge in [-0.25, -0.2) is 4.98 Å². The summed E-state index contributed by atoms with van der Waals surface area (Å²) in [6.07, 6.45) is 1.82. The molecule has 10 aromatic rings. The van der Waals surface area contributed by atoms with E-state index in [-0.39, 0.29) is 37.6 Å². The molecule has 7 aromatic carbocycles. The van der Waals surface area contributed by atoms with Gasteiger partial charge in [0.05, 0.1) is 22.3 Å². The predicted molar refractivity (Wildman–Crippen MR) is 246 cm³/mol. The molecule has 0 unspecified atom stereocenters. The third-order valence-corrected chi connectivity index (χ3v) is 11.9. The molecular formula is C55H44N3O2Pt-. The average Bonchev–Trinajstić information content (AvgIpc) is 3.85. The summed E-state index contributed by atoms with van der Waals surface area (Å²) in [5.74, 6) is 0.809. The quantitative estimate of drug-likeness (QED) is 0.162. The number of pyridine rings is 1. The molecule has 0 saturated heterocycles. The second kappa shape index (κ2) is 15.5. The van der Waals surface area contributed by atoms with Crippen LogP contribution in [0, 0.1) is 6.07 Å². The van der Waals surface area contributed by atoms with Gasteiger partial charge in [0.25, 0.3) is 0 Å². The van der Waals surface area contributed by atoms with E-state index in [1.54, 1.807) is 6.07 Å². The SMILES string of the molecule is CC(C)(C)c1ccc(-n2c(-c3ccccc3O)nc3c(-c4[c-]c(-c5nccc6oc7ccccc7c56)cc(C(C)(C)c5ccccc5)c4)cccc32)c(-c2ccccc2)c1.[Pt]. The summed E-state index contributed by atoms with van der Waals surface area (Å²) in [4.78, 5) is 10.5. The zero-order chi connectivity index (χ0) is 41.2. The van der Waals surface area contributed by atoms with E-state index in [4.69, 9.17) is 14.4 Å². The van der Waals surface area contributed by atoms with Crippen molar-refractivity contribution in [2.45, 2.75) is 45.4 Å². The number of para-hydroxylation sites is 3. The van der Waals surface area contributed by atoms with Gasteiger partial charge in [0.15, 0.2) is 0 Å². The molecule has 0 amide bonds. The Morgan fingerprint density at radius 2 is 1.28 bits per heavy atom. The van der Waals surface area contributed by atoms with Crippen LogP contribution >= 0.6 is 0 Å². The number of phenols is 1. The smallest absolute Gasteiger partial charge is 0.148 e. The molecule has 0 aliphatic heterocycles. The van der Waals surface area contributed by atoms with Gasteiger partial charge < -0.3 is 9.52 Å². The number of hydrogen-bond acceptors (Lipinski definition) is 4. The molecular weight excluding hydrogens is 930 g/mol. The fraction of sp³-hybridized carbons (Fsp3) is 0.127. The largest absolute Gasteiger partial charge is 0.507 e. The van der Waals surface area contributed by atoms with Gasteiger partial charge in [-0.1, -0.05) is 155 Å². The second-order valence-electron chi connectivity index (χ2n) is 17.1. The van der Waals surface area contributed by atoms with Crippen molar-refractivity contribution in [3.63, 3.8) is 0 Å². The van der Waals surface area contributed by atoms with Crippen LogP contribution in [0.2, 0.25) is 0 Å². The summed E-state index contributed by atoms with van der Waals surface area (Å²) in [6.45, 7) is 11.3. The Balaban J connectivity index is 0.00000476. The number of benzene rings is 7. The maximum atomic E-state index is 11.5. The first-order valence-corrected chi connectivity index (χ1v) is 20.5. The van der Waals surface area contributed by atoms with Crippen LogP contribution < -0.4 is 0 Å². The summed E-state index contributed by atoms with van der Waals surface area (Å²) in [5.41, 5.74) is 13.7. The van der Waals surface area contributed by atoms with Gasteiger partial charge in [0.1, 0.15) is 22.7 Å². The first-order valence-electron chi connectivity index (χ1n) is 20.5. The molecule has 3 aromatic heterocycles. The Labute approximate surface area is 370 Å². The summed E-state index contributed by atoms with van der Waals surface area (Å²) in [7, 11) is 0. The maximum Gasteiger partial charge on any atom is 0.148 e. The van der Waals surface area contributed by atoms with E-state index < -0.39 is 0 Å². The van der Waals surface area contributed by atoms with Crippen LogP contribution in [0.15, 0.2) is 174 Å². The third-order valence-electron chi connectivity index (χ3n) is 11.9. The van der Waals surface area contributed by atoms with Crippen LogP contribution in [-0.4, -0.2) is 19.6 Å². The topological polar surface area (TPSA) is 64.1 Å². The Hall–Kier alpha value is -6.55. The van der Waals surface area contributed by atoms with Crippen molar-refractivity contribution in [2.24, 2.45) is 0 Å². The fourth-order valence-electron chi connectivity index (χ4n) is 8.55. The van der Waals surface area contributed by atoms with Crippen molar-refractivity contribution in [1.29, 1.82) is 0 Å². The minimum atomic E-state index is -0.375. The standard InChI is InChI=1S/C55H44N3O2.Pt/c1-54(2,3)39-27-28-45(44(34-39)35-17-8-6-9-18-35)58-46-24-16-23-41(52(46)57-53(58)42-21-12-14-25-47(42)59)36-31-37(33-40(32-36)55(4,5)38-19-10-7-11-20-38)51-50-43-22-13-15-26-48(43)60-49(50)29-30-56-51;/h6-30,32-34,59H,1-5H3;/q-1;. The van der Waals surface area contributed by atoms with Gasteiger partial charge >= 0.3 is 0 Å². The van der Waals surface area contributed by atoms with E-state index in [9.17, 15) is 5.11 Å². The van der Waals surface area contributed by atoms with Gasteiger partial charge in [-0.15, -0.1) is 29.3 Å². The van der Waals surface area contributed by atoms with Gasteiger partial charge in [-0.2, -0.15) is 0 Å². The maximum absolute atomic E-state index is 11.5. The zero-order valence-corrected chi connectivity index (χ0v) is 37.0. The van der Waals surface area contributed by atoms with Crippen molar-refractivity contribution in [1.82, 2.24) is 14.5 Å². The summed E-state index contributed by atoms with van der Waals surface area (Å²) in [6, 6.07) is 60.1. The number of furan rings is 1. The number of rotatable bonds is 7. The van der Waals surface area contributed by atoms with E-state index >= 15 is 0 Å².